The van der Waals surface area contributed by atoms with Crippen molar-refractivity contribution < 1.29 is 34.4 Å². The minimum Gasteiger partial charge on any atom is -0.508 e. The predicted molar refractivity (Wildman–Crippen MR) is 124 cm³/mol. The third kappa shape index (κ3) is 5.32. The first kappa shape index (κ1) is 24.2. The van der Waals surface area contributed by atoms with Crippen LogP contribution in [0.15, 0.2) is 72.5 Å². The van der Waals surface area contributed by atoms with Gasteiger partial charge in [-0.25, -0.2) is 14.3 Å². The van der Waals surface area contributed by atoms with Gasteiger partial charge < -0.3 is 20.1 Å². The highest BCUT2D eigenvalue weighted by atomic mass is 16.5. The summed E-state index contributed by atoms with van der Waals surface area (Å²) in [4.78, 5) is 33.2. The molecule has 0 aliphatic heterocycles. The van der Waals surface area contributed by atoms with Crippen LogP contribution in [0.5, 0.6) is 5.75 Å². The van der Waals surface area contributed by atoms with E-state index in [4.69, 9.17) is 14.9 Å². The number of carbonyl (C=O) groups excluding carboxylic acids is 1. The second-order valence-electron chi connectivity index (χ2n) is 7.82. The van der Waals surface area contributed by atoms with Gasteiger partial charge in [-0.15, -0.1) is 0 Å². The molecule has 0 saturated heterocycles. The maximum atomic E-state index is 11.9. The first-order valence-electron chi connectivity index (χ1n) is 10.4. The predicted octanol–water partition coefficient (Wildman–Crippen LogP) is 3.96. The van der Waals surface area contributed by atoms with Gasteiger partial charge in [0.2, 0.25) is 0 Å². The molecule has 0 bridgehead atoms. The molecule has 9 heteroatoms. The normalized spacial score (nSPS) is 16.8. The van der Waals surface area contributed by atoms with E-state index in [9.17, 15) is 19.5 Å². The van der Waals surface area contributed by atoms with Crippen molar-refractivity contribution in [1.82, 2.24) is 9.78 Å². The number of nitrogens with zero attached hydrogens (tertiary/aromatic N) is 2. The maximum absolute atomic E-state index is 11.9. The number of aromatic hydroxyl groups is 1. The highest BCUT2D eigenvalue weighted by Gasteiger charge is 2.34. The molecular formula is C25H24N2O7. The number of aliphatic carboxylic acids is 2. The van der Waals surface area contributed by atoms with Gasteiger partial charge in [0.05, 0.1) is 23.9 Å². The van der Waals surface area contributed by atoms with E-state index >= 15 is 0 Å². The van der Waals surface area contributed by atoms with Crippen LogP contribution in [0.4, 0.5) is 0 Å². The molecule has 0 fully saturated rings. The quantitative estimate of drug-likeness (QED) is 0.482. The molecule has 3 aromatic rings. The van der Waals surface area contributed by atoms with E-state index in [2.05, 4.69) is 5.10 Å². The maximum Gasteiger partial charge on any atom is 0.357 e. The van der Waals surface area contributed by atoms with E-state index in [0.29, 0.717) is 12.3 Å². The topological polar surface area (TPSA) is 139 Å². The van der Waals surface area contributed by atoms with E-state index in [-0.39, 0.29) is 17.7 Å². The van der Waals surface area contributed by atoms with Gasteiger partial charge in [0.25, 0.3) is 0 Å². The fourth-order valence-corrected chi connectivity index (χ4v) is 3.40. The standard InChI is InChI=1S/C16H14N2O3.C9H10O4/c1-2-21-16(20)15-7-8-17-18(15)13-5-3-12-10-14(19)6-4-11(12)9-13;1-9(8(12)13)4-2-3-6(5-9)7(10)11/h3-10,19H,2H2,1H3;2-4H,5H2,1H3,(H,10,11)(H,12,13). The zero-order valence-electron chi connectivity index (χ0n) is 18.6. The number of phenolic OH excluding ortho intramolecular Hbond substituents is 1. The summed E-state index contributed by atoms with van der Waals surface area (Å²) in [5, 5.41) is 33.0. The average molecular weight is 464 g/mol. The van der Waals surface area contributed by atoms with E-state index in [1.807, 2.05) is 24.3 Å². The Morgan fingerprint density at radius 1 is 1.09 bits per heavy atom. The molecular weight excluding hydrogens is 440 g/mol. The lowest BCUT2D eigenvalue weighted by atomic mass is 9.80. The fourth-order valence-electron chi connectivity index (χ4n) is 3.40. The molecule has 1 aromatic heterocycles. The minimum absolute atomic E-state index is 0.0359. The number of carboxylic acids is 2. The number of carboxylic acid groups (broad SMARTS) is 2. The molecule has 1 aliphatic rings. The van der Waals surface area contributed by atoms with Crippen molar-refractivity contribution >= 4 is 28.7 Å². The van der Waals surface area contributed by atoms with E-state index in [0.717, 1.165) is 16.5 Å². The lowest BCUT2D eigenvalue weighted by molar-refractivity contribution is -0.145. The van der Waals surface area contributed by atoms with Gasteiger partial charge in [-0.05, 0) is 61.4 Å². The molecule has 176 valence electrons. The van der Waals surface area contributed by atoms with Crippen molar-refractivity contribution in [2.75, 3.05) is 6.61 Å². The van der Waals surface area contributed by atoms with E-state index in [1.165, 1.54) is 25.2 Å². The molecule has 4 rings (SSSR count). The van der Waals surface area contributed by atoms with Crippen molar-refractivity contribution in [3.8, 4) is 11.4 Å². The molecule has 1 atom stereocenters. The average Bonchev–Trinajstić information content (AvgIpc) is 3.29. The SMILES string of the molecule is CC1(C(=O)O)C=CC=C(C(=O)O)C1.CCOC(=O)c1ccnn1-c1ccc2cc(O)ccc2c1. The van der Waals surface area contributed by atoms with Gasteiger partial charge in [0.1, 0.15) is 5.75 Å². The molecule has 9 nitrogen and oxygen atoms in total. The summed E-state index contributed by atoms with van der Waals surface area (Å²) in [5.41, 5.74) is 0.200. The van der Waals surface area contributed by atoms with Crippen LogP contribution in [0.2, 0.25) is 0 Å². The lowest BCUT2D eigenvalue weighted by Gasteiger charge is -2.23. The van der Waals surface area contributed by atoms with Crippen LogP contribution >= 0.6 is 0 Å². The van der Waals surface area contributed by atoms with E-state index < -0.39 is 23.3 Å². The summed E-state index contributed by atoms with van der Waals surface area (Å²) >= 11 is 0. The number of fused-ring (bicyclic) bond motifs is 1. The summed E-state index contributed by atoms with van der Waals surface area (Å²) < 4.78 is 6.56. The van der Waals surface area contributed by atoms with Gasteiger partial charge in [-0.1, -0.05) is 30.4 Å². The molecule has 1 aliphatic carbocycles. The van der Waals surface area contributed by atoms with Crippen LogP contribution in [-0.2, 0) is 14.3 Å². The van der Waals surface area contributed by atoms with Crippen molar-refractivity contribution in [2.24, 2.45) is 5.41 Å². The van der Waals surface area contributed by atoms with Crippen LogP contribution in [0.25, 0.3) is 16.5 Å². The first-order chi connectivity index (χ1) is 16.1. The number of phenols is 1. The Hall–Kier alpha value is -4.40. The monoisotopic (exact) mass is 464 g/mol. The van der Waals surface area contributed by atoms with Crippen LogP contribution in [0.1, 0.15) is 30.8 Å². The zero-order chi connectivity index (χ0) is 24.9. The third-order valence-electron chi connectivity index (χ3n) is 5.26. The molecule has 0 radical (unpaired) electrons. The van der Waals surface area contributed by atoms with Gasteiger partial charge in [-0.3, -0.25) is 4.79 Å². The number of aromatic nitrogens is 2. The third-order valence-corrected chi connectivity index (χ3v) is 5.26. The second kappa shape index (κ2) is 10.0. The summed E-state index contributed by atoms with van der Waals surface area (Å²) in [6, 6.07) is 12.4. The van der Waals surface area contributed by atoms with Crippen LogP contribution in [-0.4, -0.2) is 49.6 Å². The highest BCUT2D eigenvalue weighted by molar-refractivity contribution is 5.90. The lowest BCUT2D eigenvalue weighted by Crippen LogP contribution is -2.28. The second-order valence-corrected chi connectivity index (χ2v) is 7.82. The molecule has 1 unspecified atom stereocenters. The summed E-state index contributed by atoms with van der Waals surface area (Å²) in [5.74, 6) is -2.24. The Kier molecular flexibility index (Phi) is 7.15. The number of allylic oxidation sites excluding steroid dienone is 2. The van der Waals surface area contributed by atoms with Gasteiger partial charge in [-0.2, -0.15) is 5.10 Å². The summed E-state index contributed by atoms with van der Waals surface area (Å²) in [7, 11) is 0. The van der Waals surface area contributed by atoms with E-state index in [1.54, 1.807) is 36.0 Å². The molecule has 3 N–H and O–H groups in total. The molecule has 0 amide bonds. The van der Waals surface area contributed by atoms with Crippen LogP contribution < -0.4 is 0 Å². The Labute approximate surface area is 195 Å². The zero-order valence-corrected chi connectivity index (χ0v) is 18.6. The first-order valence-corrected chi connectivity index (χ1v) is 10.4. The van der Waals surface area contributed by atoms with Crippen molar-refractivity contribution in [3.05, 3.63) is 78.2 Å². The smallest absolute Gasteiger partial charge is 0.357 e. The van der Waals surface area contributed by atoms with Crippen molar-refractivity contribution in [3.63, 3.8) is 0 Å². The van der Waals surface area contributed by atoms with Gasteiger partial charge >= 0.3 is 17.9 Å². The number of rotatable bonds is 5. The molecule has 0 spiro atoms. The number of esters is 1. The Balaban J connectivity index is 0.000000215. The largest absolute Gasteiger partial charge is 0.508 e. The number of hydrogen-bond donors (Lipinski definition) is 3. The molecule has 1 heterocycles. The van der Waals surface area contributed by atoms with Crippen molar-refractivity contribution in [2.45, 2.75) is 20.3 Å². The minimum atomic E-state index is -1.08. The number of hydrogen-bond acceptors (Lipinski definition) is 6. The Morgan fingerprint density at radius 3 is 2.47 bits per heavy atom. The van der Waals surface area contributed by atoms with Gasteiger partial charge in [0.15, 0.2) is 5.69 Å². The van der Waals surface area contributed by atoms with Crippen LogP contribution in [0.3, 0.4) is 0 Å². The number of carbonyl (C=O) groups is 3. The molecule has 2 aromatic carbocycles. The van der Waals surface area contributed by atoms with Crippen LogP contribution in [0, 0.1) is 5.41 Å². The number of ether oxygens (including phenoxy) is 1. The van der Waals surface area contributed by atoms with Gasteiger partial charge in [0, 0.05) is 5.57 Å². The summed E-state index contributed by atoms with van der Waals surface area (Å²) in [6.07, 6.45) is 6.00. The Morgan fingerprint density at radius 2 is 1.79 bits per heavy atom. The highest BCUT2D eigenvalue weighted by Crippen LogP contribution is 2.31. The number of benzene rings is 2. The summed E-state index contributed by atoms with van der Waals surface area (Å²) in [6.45, 7) is 3.59. The molecule has 0 saturated carbocycles. The van der Waals surface area contributed by atoms with Crippen molar-refractivity contribution in [1.29, 1.82) is 0 Å². The molecule has 34 heavy (non-hydrogen) atoms. The Bertz CT molecular complexity index is 1310. The fraction of sp³-hybridized carbons (Fsp3) is 0.200.